The van der Waals surface area contributed by atoms with Gasteiger partial charge in [-0.2, -0.15) is 0 Å². The molecule has 1 saturated carbocycles. The van der Waals surface area contributed by atoms with Gasteiger partial charge in [-0.1, -0.05) is 12.8 Å². The summed E-state index contributed by atoms with van der Waals surface area (Å²) >= 11 is 0. The number of aromatic nitrogens is 1. The third-order valence-electron chi connectivity index (χ3n) is 3.10. The molecule has 19 heavy (non-hydrogen) atoms. The summed E-state index contributed by atoms with van der Waals surface area (Å²) in [5, 5.41) is 22.6. The average Bonchev–Trinajstić information content (AvgIpc) is 3.18. The summed E-state index contributed by atoms with van der Waals surface area (Å²) < 4.78 is 0. The highest BCUT2D eigenvalue weighted by Gasteiger charge is 2.21. The molecule has 0 bridgehead atoms. The van der Waals surface area contributed by atoms with Crippen molar-refractivity contribution in [1.82, 2.24) is 4.98 Å². The van der Waals surface area contributed by atoms with E-state index in [4.69, 9.17) is 5.11 Å². The van der Waals surface area contributed by atoms with Crippen LogP contribution in [0.2, 0.25) is 0 Å². The number of anilines is 1. The molecule has 7 heteroatoms. The largest absolute Gasteiger partial charge is 0.477 e. The van der Waals surface area contributed by atoms with Gasteiger partial charge >= 0.3 is 11.7 Å². The molecule has 7 nitrogen and oxygen atoms in total. The molecule has 0 unspecified atom stereocenters. The standard InChI is InChI=1S/C12H15N3O4/c16-12(17)9-6-11(14-7-10(9)15(18)19)13-5-1-2-8-3-4-8/h6-8H,1-5H2,(H,13,14)(H,16,17). The van der Waals surface area contributed by atoms with Crippen LogP contribution in [0.5, 0.6) is 0 Å². The van der Waals surface area contributed by atoms with Crippen molar-refractivity contribution in [1.29, 1.82) is 0 Å². The molecule has 1 aliphatic rings. The predicted octanol–water partition coefficient (Wildman–Crippen LogP) is 2.29. The third-order valence-corrected chi connectivity index (χ3v) is 3.10. The number of pyridine rings is 1. The highest BCUT2D eigenvalue weighted by Crippen LogP contribution is 2.33. The van der Waals surface area contributed by atoms with Gasteiger partial charge in [-0.25, -0.2) is 9.78 Å². The van der Waals surface area contributed by atoms with Gasteiger partial charge in [0.25, 0.3) is 0 Å². The fraction of sp³-hybridized carbons (Fsp3) is 0.500. The molecule has 1 aliphatic carbocycles. The topological polar surface area (TPSA) is 105 Å². The zero-order valence-electron chi connectivity index (χ0n) is 10.3. The van der Waals surface area contributed by atoms with E-state index in [0.717, 1.165) is 25.0 Å². The van der Waals surface area contributed by atoms with Gasteiger partial charge in [-0.05, 0) is 18.8 Å². The zero-order valence-corrected chi connectivity index (χ0v) is 10.3. The number of nitro groups is 1. The van der Waals surface area contributed by atoms with Crippen LogP contribution in [-0.2, 0) is 0 Å². The van der Waals surface area contributed by atoms with Gasteiger partial charge in [0.05, 0.1) is 4.92 Å². The van der Waals surface area contributed by atoms with Gasteiger partial charge in [0, 0.05) is 12.6 Å². The van der Waals surface area contributed by atoms with Crippen molar-refractivity contribution in [3.63, 3.8) is 0 Å². The van der Waals surface area contributed by atoms with E-state index < -0.39 is 16.6 Å². The van der Waals surface area contributed by atoms with E-state index in [1.807, 2.05) is 0 Å². The van der Waals surface area contributed by atoms with Crippen molar-refractivity contribution in [2.45, 2.75) is 25.7 Å². The monoisotopic (exact) mass is 265 g/mol. The maximum absolute atomic E-state index is 10.9. The smallest absolute Gasteiger partial charge is 0.342 e. The van der Waals surface area contributed by atoms with Crippen molar-refractivity contribution in [3.8, 4) is 0 Å². The van der Waals surface area contributed by atoms with E-state index in [-0.39, 0.29) is 5.56 Å². The Hall–Kier alpha value is -2.18. The number of hydrogen-bond acceptors (Lipinski definition) is 5. The molecule has 0 atom stereocenters. The molecule has 1 heterocycles. The first-order valence-electron chi connectivity index (χ1n) is 6.19. The number of nitrogens with one attached hydrogen (secondary N) is 1. The van der Waals surface area contributed by atoms with Gasteiger partial charge in [-0.3, -0.25) is 10.1 Å². The first-order valence-corrected chi connectivity index (χ1v) is 6.19. The highest BCUT2D eigenvalue weighted by atomic mass is 16.6. The second kappa shape index (κ2) is 5.64. The number of nitrogens with zero attached hydrogens (tertiary/aromatic N) is 2. The fourth-order valence-electron chi connectivity index (χ4n) is 1.88. The SMILES string of the molecule is O=C(O)c1cc(NCCCC2CC2)ncc1[N+](=O)[O-]. The Bertz CT molecular complexity index is 500. The van der Waals surface area contributed by atoms with Crippen LogP contribution >= 0.6 is 0 Å². The Labute approximate surface area is 109 Å². The minimum absolute atomic E-state index is 0.343. The Balaban J connectivity index is 1.98. The Kier molecular flexibility index (Phi) is 3.94. The van der Waals surface area contributed by atoms with Crippen molar-refractivity contribution < 1.29 is 14.8 Å². The maximum Gasteiger partial charge on any atom is 0.342 e. The van der Waals surface area contributed by atoms with Crippen LogP contribution in [0, 0.1) is 16.0 Å². The van der Waals surface area contributed by atoms with E-state index in [9.17, 15) is 14.9 Å². The predicted molar refractivity (Wildman–Crippen MR) is 68.3 cm³/mol. The van der Waals surface area contributed by atoms with Gasteiger partial charge in [0.15, 0.2) is 0 Å². The van der Waals surface area contributed by atoms with Crippen LogP contribution in [-0.4, -0.2) is 27.5 Å². The molecule has 0 saturated heterocycles. The first-order chi connectivity index (χ1) is 9.08. The summed E-state index contributed by atoms with van der Waals surface area (Å²) in [6, 6.07) is 1.21. The van der Waals surface area contributed by atoms with Crippen molar-refractivity contribution in [2.24, 2.45) is 5.92 Å². The summed E-state index contributed by atoms with van der Waals surface area (Å²) in [6.07, 6.45) is 5.74. The second-order valence-electron chi connectivity index (χ2n) is 4.66. The van der Waals surface area contributed by atoms with E-state index in [1.54, 1.807) is 0 Å². The van der Waals surface area contributed by atoms with Crippen molar-refractivity contribution in [3.05, 3.63) is 27.9 Å². The summed E-state index contributed by atoms with van der Waals surface area (Å²) in [7, 11) is 0. The Morgan fingerprint density at radius 1 is 1.58 bits per heavy atom. The maximum atomic E-state index is 10.9. The Morgan fingerprint density at radius 3 is 2.89 bits per heavy atom. The molecule has 0 aliphatic heterocycles. The van der Waals surface area contributed by atoms with E-state index >= 15 is 0 Å². The molecule has 0 aromatic carbocycles. The van der Waals surface area contributed by atoms with Gasteiger partial charge in [-0.15, -0.1) is 0 Å². The number of hydrogen-bond donors (Lipinski definition) is 2. The number of rotatable bonds is 7. The van der Waals surface area contributed by atoms with E-state index in [2.05, 4.69) is 10.3 Å². The normalized spacial score (nSPS) is 14.1. The summed E-state index contributed by atoms with van der Waals surface area (Å²) in [6.45, 7) is 0.695. The molecule has 2 rings (SSSR count). The highest BCUT2D eigenvalue weighted by molar-refractivity contribution is 5.93. The van der Waals surface area contributed by atoms with Crippen molar-refractivity contribution in [2.75, 3.05) is 11.9 Å². The summed E-state index contributed by atoms with van der Waals surface area (Å²) in [4.78, 5) is 24.7. The van der Waals surface area contributed by atoms with Crippen LogP contribution in [0.4, 0.5) is 11.5 Å². The van der Waals surface area contributed by atoms with Crippen LogP contribution in [0.3, 0.4) is 0 Å². The lowest BCUT2D eigenvalue weighted by atomic mass is 10.2. The summed E-state index contributed by atoms with van der Waals surface area (Å²) in [5.74, 6) is -0.116. The molecule has 1 fully saturated rings. The number of carboxylic acids is 1. The van der Waals surface area contributed by atoms with Gasteiger partial charge < -0.3 is 10.4 Å². The van der Waals surface area contributed by atoms with Crippen molar-refractivity contribution >= 4 is 17.5 Å². The van der Waals surface area contributed by atoms with E-state index in [0.29, 0.717) is 12.4 Å². The van der Waals surface area contributed by atoms with Gasteiger partial charge in [0.2, 0.25) is 0 Å². The lowest BCUT2D eigenvalue weighted by Gasteiger charge is -2.06. The molecule has 0 amide bonds. The minimum atomic E-state index is -1.32. The minimum Gasteiger partial charge on any atom is -0.477 e. The quantitative estimate of drug-likeness (QED) is 0.445. The van der Waals surface area contributed by atoms with Crippen LogP contribution in [0.15, 0.2) is 12.3 Å². The summed E-state index contributed by atoms with van der Waals surface area (Å²) in [5.41, 5.74) is -0.833. The molecule has 0 spiro atoms. The molecule has 102 valence electrons. The van der Waals surface area contributed by atoms with E-state index in [1.165, 1.54) is 18.9 Å². The van der Waals surface area contributed by atoms with Crippen LogP contribution in [0.25, 0.3) is 0 Å². The molecule has 1 aromatic rings. The number of carbonyl (C=O) groups is 1. The molecule has 0 radical (unpaired) electrons. The van der Waals surface area contributed by atoms with Crippen LogP contribution < -0.4 is 5.32 Å². The molecular weight excluding hydrogens is 250 g/mol. The number of aromatic carboxylic acids is 1. The number of carboxylic acid groups (broad SMARTS) is 1. The van der Waals surface area contributed by atoms with Crippen LogP contribution in [0.1, 0.15) is 36.0 Å². The lowest BCUT2D eigenvalue weighted by molar-refractivity contribution is -0.385. The molecule has 2 N–H and O–H groups in total. The molecular formula is C12H15N3O4. The first kappa shape index (κ1) is 13.3. The second-order valence-corrected chi connectivity index (χ2v) is 4.66. The lowest BCUT2D eigenvalue weighted by Crippen LogP contribution is -2.08. The average molecular weight is 265 g/mol. The fourth-order valence-corrected chi connectivity index (χ4v) is 1.88. The third kappa shape index (κ3) is 3.64. The Morgan fingerprint density at radius 2 is 2.32 bits per heavy atom. The molecule has 1 aromatic heterocycles. The zero-order chi connectivity index (χ0) is 13.8. The van der Waals surface area contributed by atoms with Gasteiger partial charge in [0.1, 0.15) is 17.6 Å².